The van der Waals surface area contributed by atoms with E-state index in [1.54, 1.807) is 30.3 Å². The number of imide groups is 1. The quantitative estimate of drug-likeness (QED) is 0.407. The predicted octanol–water partition coefficient (Wildman–Crippen LogP) is 4.64. The van der Waals surface area contributed by atoms with Gasteiger partial charge in [-0.15, -0.1) is 0 Å². The first kappa shape index (κ1) is 17.5. The van der Waals surface area contributed by atoms with E-state index in [-0.39, 0.29) is 35.5 Å². The minimum absolute atomic E-state index is 0.187. The zero-order chi connectivity index (χ0) is 19.9. The van der Waals surface area contributed by atoms with E-state index >= 15 is 0 Å². The summed E-state index contributed by atoms with van der Waals surface area (Å²) in [5, 5.41) is 6.26. The highest BCUT2D eigenvalue weighted by molar-refractivity contribution is 6.36. The first-order valence-corrected chi connectivity index (χ1v) is 10.4. The fourth-order valence-corrected chi connectivity index (χ4v) is 5.93. The fourth-order valence-electron chi connectivity index (χ4n) is 5.43. The molecule has 2 amide bonds. The van der Waals surface area contributed by atoms with Crippen molar-refractivity contribution in [3.63, 3.8) is 0 Å². The molecular formula is C22H16Cl2N2O3. The standard InChI is InChI=1S/C22H16Cl2N2O3/c23-10-1-3-14(17(24)7-10)18-6-2-11(29-18)9-25-26-21(27)19-12-4-5-13(16-8-15(12)16)20(19)22(26)28/h1-7,9,12-13,15-16,19-20H,8H2/b25-9-/t12-,13-,15-,16+,19-,20+/m1/s1. The molecule has 0 unspecified atom stereocenters. The number of hydrogen-bond acceptors (Lipinski definition) is 4. The van der Waals surface area contributed by atoms with Crippen LogP contribution in [0.4, 0.5) is 0 Å². The van der Waals surface area contributed by atoms with Gasteiger partial charge in [0, 0.05) is 10.6 Å². The van der Waals surface area contributed by atoms with Crippen LogP contribution < -0.4 is 0 Å². The first-order valence-electron chi connectivity index (χ1n) is 9.68. The molecule has 6 atom stereocenters. The van der Waals surface area contributed by atoms with Crippen LogP contribution in [0.5, 0.6) is 0 Å². The monoisotopic (exact) mass is 426 g/mol. The van der Waals surface area contributed by atoms with E-state index in [2.05, 4.69) is 17.3 Å². The van der Waals surface area contributed by atoms with E-state index in [0.29, 0.717) is 39.0 Å². The van der Waals surface area contributed by atoms with Crippen LogP contribution in [0.3, 0.4) is 0 Å². The number of carbonyl (C=O) groups excluding carboxylic acids is 2. The Hall–Kier alpha value is -2.37. The molecule has 1 aromatic carbocycles. The summed E-state index contributed by atoms with van der Waals surface area (Å²) in [4.78, 5) is 25.9. The Bertz CT molecular complexity index is 1090. The van der Waals surface area contributed by atoms with E-state index in [1.165, 1.54) is 6.21 Å². The summed E-state index contributed by atoms with van der Waals surface area (Å²) >= 11 is 12.2. The van der Waals surface area contributed by atoms with Gasteiger partial charge in [-0.25, -0.2) is 0 Å². The lowest BCUT2D eigenvalue weighted by Gasteiger charge is -2.37. The second-order valence-corrected chi connectivity index (χ2v) is 9.06. The normalized spacial score (nSPS) is 34.2. The fraction of sp³-hybridized carbons (Fsp3) is 0.318. The average Bonchev–Trinajstić information content (AvgIpc) is 3.34. The van der Waals surface area contributed by atoms with E-state index in [4.69, 9.17) is 27.6 Å². The highest BCUT2D eigenvalue weighted by atomic mass is 35.5. The third-order valence-electron chi connectivity index (χ3n) is 6.76. The number of rotatable bonds is 3. The summed E-state index contributed by atoms with van der Waals surface area (Å²) < 4.78 is 5.78. The van der Waals surface area contributed by atoms with Crippen LogP contribution in [0.1, 0.15) is 12.2 Å². The largest absolute Gasteiger partial charge is 0.455 e. The molecular weight excluding hydrogens is 411 g/mol. The number of nitrogens with zero attached hydrogens (tertiary/aromatic N) is 2. The Balaban J connectivity index is 1.25. The molecule has 2 saturated carbocycles. The second-order valence-electron chi connectivity index (χ2n) is 8.21. The number of amides is 2. The van der Waals surface area contributed by atoms with Gasteiger partial charge >= 0.3 is 0 Å². The van der Waals surface area contributed by atoms with Crippen LogP contribution in [0.2, 0.25) is 10.0 Å². The number of hydrazone groups is 1. The van der Waals surface area contributed by atoms with Crippen molar-refractivity contribution >= 4 is 41.2 Å². The van der Waals surface area contributed by atoms with Gasteiger partial charge in [0.2, 0.25) is 0 Å². The Labute approximate surface area is 177 Å². The Morgan fingerprint density at radius 3 is 2.34 bits per heavy atom. The van der Waals surface area contributed by atoms with Crippen LogP contribution in [-0.4, -0.2) is 23.0 Å². The van der Waals surface area contributed by atoms with Gasteiger partial charge in [-0.1, -0.05) is 35.4 Å². The SMILES string of the molecule is O=C1[C@@H]2[C@@H]3C=C[C@H]([C@@H]4C[C@H]34)[C@@H]2C(=O)N1/N=C\c1ccc(-c2ccc(Cl)cc2Cl)o1. The number of furan rings is 1. The van der Waals surface area contributed by atoms with Crippen LogP contribution in [-0.2, 0) is 9.59 Å². The zero-order valence-corrected chi connectivity index (χ0v) is 16.7. The Kier molecular flexibility index (Phi) is 3.66. The molecule has 1 aliphatic heterocycles. The average molecular weight is 427 g/mol. The molecule has 2 heterocycles. The highest BCUT2D eigenvalue weighted by Gasteiger charge is 2.67. The van der Waals surface area contributed by atoms with Crippen LogP contribution in [0.15, 0.2) is 52.0 Å². The third kappa shape index (κ3) is 2.50. The molecule has 0 spiro atoms. The van der Waals surface area contributed by atoms with Gasteiger partial charge in [0.05, 0.1) is 23.1 Å². The van der Waals surface area contributed by atoms with Crippen molar-refractivity contribution < 1.29 is 14.0 Å². The molecule has 0 N–H and O–H groups in total. The van der Waals surface area contributed by atoms with Gasteiger partial charge in [0.25, 0.3) is 11.8 Å². The van der Waals surface area contributed by atoms with Crippen molar-refractivity contribution in [2.24, 2.45) is 40.6 Å². The van der Waals surface area contributed by atoms with Crippen molar-refractivity contribution in [2.75, 3.05) is 0 Å². The first-order chi connectivity index (χ1) is 14.0. The smallest absolute Gasteiger partial charge is 0.254 e. The lowest BCUT2D eigenvalue weighted by molar-refractivity contribution is -0.140. The summed E-state index contributed by atoms with van der Waals surface area (Å²) in [6.07, 6.45) is 6.85. The van der Waals surface area contributed by atoms with Crippen LogP contribution in [0.25, 0.3) is 11.3 Å². The summed E-state index contributed by atoms with van der Waals surface area (Å²) in [6, 6.07) is 8.64. The van der Waals surface area contributed by atoms with Gasteiger partial charge in [-0.2, -0.15) is 10.1 Å². The van der Waals surface area contributed by atoms with Gasteiger partial charge in [0.1, 0.15) is 11.5 Å². The molecule has 2 bridgehead atoms. The maximum absolute atomic E-state index is 12.9. The third-order valence-corrected chi connectivity index (χ3v) is 7.31. The Morgan fingerprint density at radius 1 is 1.00 bits per heavy atom. The van der Waals surface area contributed by atoms with E-state index in [9.17, 15) is 9.59 Å². The van der Waals surface area contributed by atoms with E-state index in [0.717, 1.165) is 11.4 Å². The molecule has 0 radical (unpaired) electrons. The van der Waals surface area contributed by atoms with Crippen molar-refractivity contribution in [3.8, 4) is 11.3 Å². The summed E-state index contributed by atoms with van der Waals surface area (Å²) in [5.41, 5.74) is 0.705. The zero-order valence-electron chi connectivity index (χ0n) is 15.2. The van der Waals surface area contributed by atoms with Gasteiger partial charge in [-0.3, -0.25) is 9.59 Å². The summed E-state index contributed by atoms with van der Waals surface area (Å²) in [5.74, 6) is 1.64. The van der Waals surface area contributed by atoms with Crippen molar-refractivity contribution in [3.05, 3.63) is 58.3 Å². The van der Waals surface area contributed by atoms with Crippen molar-refractivity contribution in [1.29, 1.82) is 0 Å². The summed E-state index contributed by atoms with van der Waals surface area (Å²) in [6.45, 7) is 0. The molecule has 3 fully saturated rings. The lowest BCUT2D eigenvalue weighted by atomic mass is 9.63. The lowest BCUT2D eigenvalue weighted by Crippen LogP contribution is -2.40. The molecule has 5 aliphatic rings. The number of hydrogen-bond donors (Lipinski definition) is 0. The minimum atomic E-state index is -0.251. The van der Waals surface area contributed by atoms with E-state index in [1.807, 2.05) is 0 Å². The van der Waals surface area contributed by atoms with E-state index < -0.39 is 0 Å². The highest BCUT2D eigenvalue weighted by Crippen LogP contribution is 2.65. The molecule has 1 saturated heterocycles. The molecule has 4 aliphatic carbocycles. The molecule has 146 valence electrons. The van der Waals surface area contributed by atoms with Crippen molar-refractivity contribution in [1.82, 2.24) is 5.01 Å². The molecule has 5 nitrogen and oxygen atoms in total. The van der Waals surface area contributed by atoms with Gasteiger partial charge in [-0.05, 0) is 60.4 Å². The molecule has 2 aromatic rings. The number of allylic oxidation sites excluding steroid dienone is 2. The minimum Gasteiger partial charge on any atom is -0.455 e. The topological polar surface area (TPSA) is 62.9 Å². The second kappa shape index (κ2) is 6.07. The number of benzene rings is 1. The molecule has 1 aromatic heterocycles. The predicted molar refractivity (Wildman–Crippen MR) is 108 cm³/mol. The van der Waals surface area contributed by atoms with Crippen LogP contribution in [0, 0.1) is 35.5 Å². The number of carbonyl (C=O) groups is 2. The maximum atomic E-state index is 12.9. The maximum Gasteiger partial charge on any atom is 0.254 e. The van der Waals surface area contributed by atoms with Gasteiger partial charge in [0.15, 0.2) is 0 Å². The van der Waals surface area contributed by atoms with Crippen molar-refractivity contribution in [2.45, 2.75) is 6.42 Å². The molecule has 7 rings (SSSR count). The summed E-state index contributed by atoms with van der Waals surface area (Å²) in [7, 11) is 0. The molecule has 7 heteroatoms. The molecule has 29 heavy (non-hydrogen) atoms. The number of halogens is 2. The Morgan fingerprint density at radius 2 is 1.69 bits per heavy atom. The van der Waals surface area contributed by atoms with Gasteiger partial charge < -0.3 is 4.42 Å². The van der Waals surface area contributed by atoms with Crippen LogP contribution >= 0.6 is 23.2 Å².